The molecule has 28 heavy (non-hydrogen) atoms. The maximum absolute atomic E-state index is 11.9. The van der Waals surface area contributed by atoms with E-state index in [0.717, 1.165) is 44.9 Å². The van der Waals surface area contributed by atoms with Gasteiger partial charge in [-0.3, -0.25) is 4.79 Å². The van der Waals surface area contributed by atoms with E-state index in [-0.39, 0.29) is 5.97 Å². The first-order chi connectivity index (χ1) is 13.6. The van der Waals surface area contributed by atoms with Crippen molar-refractivity contribution in [3.8, 4) is 5.75 Å². The van der Waals surface area contributed by atoms with Crippen molar-refractivity contribution >= 4 is 29.2 Å². The van der Waals surface area contributed by atoms with Gasteiger partial charge in [-0.15, -0.1) is 0 Å². The SMILES string of the molecule is CC/C=C\C/C=C\C/C=C\CCCCCCCC(=O)Oc1ccc(Cl)cc1Cl. The smallest absolute Gasteiger partial charge is 0.311 e. The summed E-state index contributed by atoms with van der Waals surface area (Å²) in [5, 5.41) is 0.883. The summed E-state index contributed by atoms with van der Waals surface area (Å²) in [4.78, 5) is 11.9. The Bertz CT molecular complexity index is 648. The van der Waals surface area contributed by atoms with Crippen molar-refractivity contribution in [1.29, 1.82) is 0 Å². The first kappa shape index (κ1) is 24.5. The zero-order chi connectivity index (χ0) is 20.5. The molecule has 0 unspecified atom stereocenters. The fourth-order valence-corrected chi connectivity index (χ4v) is 3.07. The number of rotatable bonds is 14. The highest BCUT2D eigenvalue weighted by atomic mass is 35.5. The molecular weight excluding hydrogens is 391 g/mol. The van der Waals surface area contributed by atoms with E-state index in [9.17, 15) is 4.79 Å². The first-order valence-corrected chi connectivity index (χ1v) is 11.0. The number of halogens is 2. The van der Waals surface area contributed by atoms with Crippen molar-refractivity contribution in [2.24, 2.45) is 0 Å². The van der Waals surface area contributed by atoms with Crippen LogP contribution >= 0.6 is 23.2 Å². The molecule has 0 bridgehead atoms. The Balaban J connectivity index is 1.98. The molecule has 0 aliphatic heterocycles. The van der Waals surface area contributed by atoms with Gasteiger partial charge < -0.3 is 4.74 Å². The Kier molecular flexibility index (Phi) is 14.4. The van der Waals surface area contributed by atoms with Gasteiger partial charge in [0.1, 0.15) is 5.75 Å². The second-order valence-electron chi connectivity index (χ2n) is 6.65. The van der Waals surface area contributed by atoms with E-state index in [1.807, 2.05) is 0 Å². The predicted molar refractivity (Wildman–Crippen MR) is 121 cm³/mol. The van der Waals surface area contributed by atoms with Crippen LogP contribution in [0.5, 0.6) is 5.75 Å². The number of unbranched alkanes of at least 4 members (excludes halogenated alkanes) is 5. The molecule has 0 aliphatic carbocycles. The molecule has 0 atom stereocenters. The van der Waals surface area contributed by atoms with Crippen LogP contribution in [0, 0.1) is 0 Å². The van der Waals surface area contributed by atoms with E-state index < -0.39 is 0 Å². The van der Waals surface area contributed by atoms with Crippen LogP contribution in [-0.4, -0.2) is 5.97 Å². The molecule has 2 nitrogen and oxygen atoms in total. The molecule has 0 spiro atoms. The lowest BCUT2D eigenvalue weighted by Crippen LogP contribution is -2.07. The summed E-state index contributed by atoms with van der Waals surface area (Å²) in [7, 11) is 0. The van der Waals surface area contributed by atoms with Crippen molar-refractivity contribution in [2.45, 2.75) is 71.1 Å². The number of allylic oxidation sites excluding steroid dienone is 6. The third kappa shape index (κ3) is 12.8. The van der Waals surface area contributed by atoms with E-state index in [1.54, 1.807) is 18.2 Å². The Morgan fingerprint density at radius 3 is 2.25 bits per heavy atom. The van der Waals surface area contributed by atoms with Crippen LogP contribution in [0.1, 0.15) is 71.1 Å². The molecule has 1 aromatic rings. The van der Waals surface area contributed by atoms with Gasteiger partial charge in [-0.25, -0.2) is 0 Å². The summed E-state index contributed by atoms with van der Waals surface area (Å²) in [5.41, 5.74) is 0. The van der Waals surface area contributed by atoms with E-state index >= 15 is 0 Å². The molecule has 1 aromatic carbocycles. The van der Waals surface area contributed by atoms with E-state index in [2.05, 4.69) is 43.4 Å². The van der Waals surface area contributed by atoms with Gasteiger partial charge in [0.05, 0.1) is 5.02 Å². The van der Waals surface area contributed by atoms with Gasteiger partial charge in [-0.05, 0) is 56.7 Å². The van der Waals surface area contributed by atoms with Gasteiger partial charge in [0.15, 0.2) is 0 Å². The Hall–Kier alpha value is -1.51. The number of ether oxygens (including phenoxy) is 1. The predicted octanol–water partition coefficient (Wildman–Crippen LogP) is 8.49. The van der Waals surface area contributed by atoms with Crippen LogP contribution in [-0.2, 0) is 4.79 Å². The normalized spacial score (nSPS) is 11.8. The minimum absolute atomic E-state index is 0.245. The molecule has 0 amide bonds. The lowest BCUT2D eigenvalue weighted by molar-refractivity contribution is -0.134. The van der Waals surface area contributed by atoms with Crippen LogP contribution in [0.15, 0.2) is 54.7 Å². The molecule has 0 saturated carbocycles. The number of carbonyl (C=O) groups is 1. The fraction of sp³-hybridized carbons (Fsp3) is 0.458. The van der Waals surface area contributed by atoms with Gasteiger partial charge >= 0.3 is 5.97 Å². The number of benzene rings is 1. The average molecular weight is 423 g/mol. The van der Waals surface area contributed by atoms with E-state index in [1.165, 1.54) is 12.8 Å². The highest BCUT2D eigenvalue weighted by Crippen LogP contribution is 2.27. The van der Waals surface area contributed by atoms with Crippen molar-refractivity contribution in [3.05, 3.63) is 64.7 Å². The van der Waals surface area contributed by atoms with E-state index in [0.29, 0.717) is 22.2 Å². The summed E-state index contributed by atoms with van der Waals surface area (Å²) in [6.07, 6.45) is 23.4. The van der Waals surface area contributed by atoms with E-state index in [4.69, 9.17) is 27.9 Å². The topological polar surface area (TPSA) is 26.3 Å². The largest absolute Gasteiger partial charge is 0.425 e. The summed E-state index contributed by atoms with van der Waals surface area (Å²) in [6, 6.07) is 4.85. The van der Waals surface area contributed by atoms with Crippen LogP contribution in [0.3, 0.4) is 0 Å². The number of hydrogen-bond donors (Lipinski definition) is 0. The Labute approximate surface area is 180 Å². The second-order valence-corrected chi connectivity index (χ2v) is 7.49. The quantitative estimate of drug-likeness (QED) is 0.130. The van der Waals surface area contributed by atoms with Crippen LogP contribution in [0.4, 0.5) is 0 Å². The maximum atomic E-state index is 11.9. The second kappa shape index (κ2) is 16.4. The molecule has 154 valence electrons. The average Bonchev–Trinajstić information content (AvgIpc) is 2.67. The standard InChI is InChI=1S/C24H32Cl2O2/c1-2-3-4-5-6-7-8-9-10-11-12-13-14-15-16-17-24(27)28-23-19-18-21(25)20-22(23)26/h3-4,6-7,9-10,18-20H,2,5,8,11-17H2,1H3/b4-3-,7-6-,10-9-. The Morgan fingerprint density at radius 1 is 0.893 bits per heavy atom. The monoisotopic (exact) mass is 422 g/mol. The first-order valence-electron chi connectivity index (χ1n) is 10.2. The molecule has 0 saturated heterocycles. The van der Waals surface area contributed by atoms with Gasteiger partial charge in [0.25, 0.3) is 0 Å². The molecule has 1 rings (SSSR count). The van der Waals surface area contributed by atoms with Crippen LogP contribution in [0.2, 0.25) is 10.0 Å². The lowest BCUT2D eigenvalue weighted by atomic mass is 10.1. The molecular formula is C24H32Cl2O2. The highest BCUT2D eigenvalue weighted by molar-refractivity contribution is 6.35. The third-order valence-electron chi connectivity index (χ3n) is 4.15. The number of hydrogen-bond acceptors (Lipinski definition) is 2. The summed E-state index contributed by atoms with van der Waals surface area (Å²) in [5.74, 6) is 0.125. The zero-order valence-corrected chi connectivity index (χ0v) is 18.4. The molecule has 0 fully saturated rings. The van der Waals surface area contributed by atoms with Gasteiger partial charge in [0.2, 0.25) is 0 Å². The minimum Gasteiger partial charge on any atom is -0.425 e. The number of esters is 1. The molecule has 0 radical (unpaired) electrons. The zero-order valence-electron chi connectivity index (χ0n) is 16.8. The molecule has 0 aliphatic rings. The van der Waals surface area contributed by atoms with Crippen molar-refractivity contribution in [2.75, 3.05) is 0 Å². The van der Waals surface area contributed by atoms with Gasteiger partial charge in [0, 0.05) is 11.4 Å². The third-order valence-corrected chi connectivity index (χ3v) is 4.68. The fourth-order valence-electron chi connectivity index (χ4n) is 2.62. The molecule has 0 heterocycles. The van der Waals surface area contributed by atoms with Crippen LogP contribution in [0.25, 0.3) is 0 Å². The van der Waals surface area contributed by atoms with Gasteiger partial charge in [-0.1, -0.05) is 85.8 Å². The summed E-state index contributed by atoms with van der Waals surface area (Å²) < 4.78 is 5.27. The molecule has 0 N–H and O–H groups in total. The van der Waals surface area contributed by atoms with Crippen LogP contribution < -0.4 is 4.74 Å². The van der Waals surface area contributed by atoms with Crippen molar-refractivity contribution in [3.63, 3.8) is 0 Å². The maximum Gasteiger partial charge on any atom is 0.311 e. The van der Waals surface area contributed by atoms with Crippen molar-refractivity contribution in [1.82, 2.24) is 0 Å². The summed E-state index contributed by atoms with van der Waals surface area (Å²) >= 11 is 11.8. The lowest BCUT2D eigenvalue weighted by Gasteiger charge is -2.06. The Morgan fingerprint density at radius 2 is 1.54 bits per heavy atom. The molecule has 0 aromatic heterocycles. The summed E-state index contributed by atoms with van der Waals surface area (Å²) in [6.45, 7) is 2.15. The highest BCUT2D eigenvalue weighted by Gasteiger charge is 2.08. The minimum atomic E-state index is -0.245. The van der Waals surface area contributed by atoms with Gasteiger partial charge in [-0.2, -0.15) is 0 Å². The van der Waals surface area contributed by atoms with Crippen molar-refractivity contribution < 1.29 is 9.53 Å². The number of carbonyl (C=O) groups excluding carboxylic acids is 1. The molecule has 4 heteroatoms.